The van der Waals surface area contributed by atoms with Crippen LogP contribution in [0.25, 0.3) is 0 Å². The van der Waals surface area contributed by atoms with Crippen molar-refractivity contribution in [2.24, 2.45) is 0 Å². The van der Waals surface area contributed by atoms with Crippen LogP contribution >= 0.6 is 0 Å². The Hall–Kier alpha value is -3.88. The molecule has 154 valence electrons. The van der Waals surface area contributed by atoms with Gasteiger partial charge in [-0.3, -0.25) is 10.2 Å². The van der Waals surface area contributed by atoms with Gasteiger partial charge in [0.05, 0.1) is 22.4 Å². The first-order valence-corrected chi connectivity index (χ1v) is 9.35. The van der Waals surface area contributed by atoms with E-state index in [1.807, 2.05) is 45.0 Å². The number of nitrogens with two attached hydrogens (primary N) is 1. The molecule has 0 bridgehead atoms. The number of nitrogen functional groups attached to an aromatic ring is 1. The molecule has 3 aromatic rings. The Balaban J connectivity index is 1.78. The van der Waals surface area contributed by atoms with E-state index >= 15 is 0 Å². The Labute approximate surface area is 174 Å². The van der Waals surface area contributed by atoms with Gasteiger partial charge < -0.3 is 16.4 Å². The number of nitrogens with zero attached hydrogens (tertiary/aromatic N) is 4. The van der Waals surface area contributed by atoms with E-state index in [1.54, 1.807) is 0 Å². The summed E-state index contributed by atoms with van der Waals surface area (Å²) in [5.74, 6) is 0.356. The van der Waals surface area contributed by atoms with Crippen LogP contribution < -0.4 is 16.4 Å². The predicted octanol–water partition coefficient (Wildman–Crippen LogP) is 2.19. The lowest BCUT2D eigenvalue weighted by atomic mass is 10.00. The number of hydrogen-bond acceptors (Lipinski definition) is 8. The molecule has 0 saturated heterocycles. The summed E-state index contributed by atoms with van der Waals surface area (Å²) in [5.41, 5.74) is 8.32. The van der Waals surface area contributed by atoms with Crippen molar-refractivity contribution in [2.45, 2.75) is 26.3 Å². The normalized spacial score (nSPS) is 11.0. The third-order valence-corrected chi connectivity index (χ3v) is 4.44. The Morgan fingerprint density at radius 2 is 1.73 bits per heavy atom. The zero-order valence-corrected chi connectivity index (χ0v) is 17.1. The molecule has 0 aliphatic heterocycles. The third kappa shape index (κ3) is 4.93. The molecule has 2 heterocycles. The number of benzene rings is 1. The summed E-state index contributed by atoms with van der Waals surface area (Å²) >= 11 is 0. The minimum atomic E-state index is -0.589. The van der Waals surface area contributed by atoms with Gasteiger partial charge in [0, 0.05) is 24.5 Å². The van der Waals surface area contributed by atoms with Gasteiger partial charge in [-0.1, -0.05) is 29.8 Å². The van der Waals surface area contributed by atoms with Gasteiger partial charge in [-0.15, -0.1) is 0 Å². The van der Waals surface area contributed by atoms with Crippen LogP contribution in [0.2, 0.25) is 0 Å². The smallest absolute Gasteiger partial charge is 0.254 e. The van der Waals surface area contributed by atoms with Crippen molar-refractivity contribution in [3.8, 4) is 0 Å². The number of amides is 1. The molecule has 3 rings (SSSR count). The fourth-order valence-corrected chi connectivity index (χ4v) is 2.79. The monoisotopic (exact) mass is 404 g/mol. The summed E-state index contributed by atoms with van der Waals surface area (Å²) in [5, 5.41) is 14.8. The first-order chi connectivity index (χ1) is 14.3. The first-order valence-electron chi connectivity index (χ1n) is 9.35. The van der Waals surface area contributed by atoms with E-state index < -0.39 is 5.54 Å². The molecule has 0 aliphatic carbocycles. The predicted molar refractivity (Wildman–Crippen MR) is 116 cm³/mol. The molecule has 0 saturated carbocycles. The van der Waals surface area contributed by atoms with Gasteiger partial charge in [-0.2, -0.15) is 0 Å². The summed E-state index contributed by atoms with van der Waals surface area (Å²) < 4.78 is 0. The molecule has 0 unspecified atom stereocenters. The zero-order chi connectivity index (χ0) is 21.7. The second-order valence-corrected chi connectivity index (χ2v) is 7.54. The quantitative estimate of drug-likeness (QED) is 0.442. The summed E-state index contributed by atoms with van der Waals surface area (Å²) in [7, 11) is 0. The lowest BCUT2D eigenvalue weighted by Gasteiger charge is -2.28. The number of nitrogens with one attached hydrogen (secondary N) is 3. The highest BCUT2D eigenvalue weighted by Crippen LogP contribution is 2.24. The van der Waals surface area contributed by atoms with Crippen LogP contribution in [0.1, 0.15) is 40.9 Å². The maximum absolute atomic E-state index is 12.3. The summed E-state index contributed by atoms with van der Waals surface area (Å²) in [4.78, 5) is 28.3. The summed E-state index contributed by atoms with van der Waals surface area (Å²) in [6.07, 6.45) is 5.62. The lowest BCUT2D eigenvalue weighted by molar-refractivity contribution is 0.0946. The van der Waals surface area contributed by atoms with Crippen molar-refractivity contribution in [2.75, 3.05) is 17.6 Å². The second-order valence-electron chi connectivity index (χ2n) is 7.54. The van der Waals surface area contributed by atoms with Crippen molar-refractivity contribution in [1.82, 2.24) is 25.3 Å². The maximum Gasteiger partial charge on any atom is 0.254 e. The largest absolute Gasteiger partial charge is 0.383 e. The summed E-state index contributed by atoms with van der Waals surface area (Å²) in [6.45, 7) is 6.10. The number of rotatable bonds is 7. The van der Waals surface area contributed by atoms with Crippen molar-refractivity contribution < 1.29 is 4.79 Å². The Morgan fingerprint density at radius 3 is 2.40 bits per heavy atom. The zero-order valence-electron chi connectivity index (χ0n) is 17.1. The van der Waals surface area contributed by atoms with E-state index in [-0.39, 0.29) is 17.4 Å². The highest BCUT2D eigenvalue weighted by atomic mass is 16.1. The molecule has 0 atom stereocenters. The number of aryl methyl sites for hydroxylation is 1. The van der Waals surface area contributed by atoms with E-state index in [0.717, 1.165) is 5.56 Å². The van der Waals surface area contributed by atoms with Crippen LogP contribution in [-0.2, 0) is 0 Å². The van der Waals surface area contributed by atoms with Crippen LogP contribution in [-0.4, -0.2) is 43.6 Å². The second kappa shape index (κ2) is 8.64. The molecule has 9 nitrogen and oxygen atoms in total. The highest BCUT2D eigenvalue weighted by molar-refractivity contribution is 6.16. The van der Waals surface area contributed by atoms with Gasteiger partial charge in [0.2, 0.25) is 0 Å². The average molecular weight is 404 g/mol. The molecule has 0 fully saturated rings. The van der Waals surface area contributed by atoms with Crippen molar-refractivity contribution >= 4 is 23.3 Å². The van der Waals surface area contributed by atoms with Gasteiger partial charge >= 0.3 is 0 Å². The standard InChI is InChI=1S/C21H24N8O/c1-13-4-6-14(7-5-13)17(22)16-18(23)27-12-28-19(16)29-21(2,3)10-26-20(30)15-8-24-11-25-9-15/h4-9,11-12,22H,10H2,1-3H3,(H,26,30)(H3,23,27,28,29). The van der Waals surface area contributed by atoms with Gasteiger partial charge in [0.15, 0.2) is 0 Å². The van der Waals surface area contributed by atoms with E-state index in [2.05, 4.69) is 30.6 Å². The minimum absolute atomic E-state index is 0.208. The third-order valence-electron chi connectivity index (χ3n) is 4.44. The van der Waals surface area contributed by atoms with Crippen molar-refractivity contribution in [3.05, 3.63) is 71.6 Å². The molecule has 2 aromatic heterocycles. The first kappa shape index (κ1) is 20.8. The Kier molecular flexibility index (Phi) is 6.01. The number of hydrogen-bond donors (Lipinski definition) is 4. The number of carbonyl (C=O) groups is 1. The van der Waals surface area contributed by atoms with Gasteiger partial charge in [-0.25, -0.2) is 19.9 Å². The van der Waals surface area contributed by atoms with Crippen LogP contribution in [0.4, 0.5) is 11.6 Å². The number of aromatic nitrogens is 4. The molecular formula is C21H24N8O. The average Bonchev–Trinajstić information content (AvgIpc) is 2.73. The van der Waals surface area contributed by atoms with Crippen molar-refractivity contribution in [1.29, 1.82) is 5.41 Å². The van der Waals surface area contributed by atoms with Crippen LogP contribution in [0.5, 0.6) is 0 Å². The Bertz CT molecular complexity index is 1050. The lowest BCUT2D eigenvalue weighted by Crippen LogP contribution is -2.44. The van der Waals surface area contributed by atoms with Gasteiger partial charge in [0.25, 0.3) is 5.91 Å². The van der Waals surface area contributed by atoms with E-state index in [4.69, 9.17) is 11.1 Å². The SMILES string of the molecule is Cc1ccc(C(=N)c2c(N)ncnc2NC(C)(C)CNC(=O)c2cncnc2)cc1. The number of anilines is 2. The molecule has 0 spiro atoms. The molecule has 0 aliphatic rings. The van der Waals surface area contributed by atoms with E-state index in [9.17, 15) is 4.79 Å². The molecule has 5 N–H and O–H groups in total. The minimum Gasteiger partial charge on any atom is -0.383 e. The summed E-state index contributed by atoms with van der Waals surface area (Å²) in [6, 6.07) is 7.59. The molecular weight excluding hydrogens is 380 g/mol. The van der Waals surface area contributed by atoms with E-state index in [0.29, 0.717) is 29.1 Å². The van der Waals surface area contributed by atoms with Crippen molar-refractivity contribution in [3.63, 3.8) is 0 Å². The van der Waals surface area contributed by atoms with Crippen LogP contribution in [0.15, 0.2) is 49.3 Å². The fraction of sp³-hybridized carbons (Fsp3) is 0.238. The molecule has 30 heavy (non-hydrogen) atoms. The van der Waals surface area contributed by atoms with Gasteiger partial charge in [-0.05, 0) is 20.8 Å². The van der Waals surface area contributed by atoms with Gasteiger partial charge in [0.1, 0.15) is 24.3 Å². The molecule has 9 heteroatoms. The topological polar surface area (TPSA) is 143 Å². The van der Waals surface area contributed by atoms with E-state index in [1.165, 1.54) is 25.0 Å². The van der Waals surface area contributed by atoms with Crippen LogP contribution in [0, 0.1) is 12.3 Å². The Morgan fingerprint density at radius 1 is 1.07 bits per heavy atom. The van der Waals surface area contributed by atoms with Crippen LogP contribution in [0.3, 0.4) is 0 Å². The molecule has 0 radical (unpaired) electrons. The maximum atomic E-state index is 12.3. The number of carbonyl (C=O) groups excluding carboxylic acids is 1. The molecule has 1 aromatic carbocycles. The highest BCUT2D eigenvalue weighted by Gasteiger charge is 2.24. The fourth-order valence-electron chi connectivity index (χ4n) is 2.79. The molecule has 1 amide bonds.